The van der Waals surface area contributed by atoms with E-state index in [1.54, 1.807) is 20.8 Å². The highest BCUT2D eigenvalue weighted by molar-refractivity contribution is 7.89. The standard InChI is InChI=1S/C25H33N3O5S/c1-4-33-25(30)22-16(2)26-17(3)23(22)34(31,32)28-14-8-11-19(15-28)24(29)27-21-13-7-10-18-9-5-6-12-20(18)21/h7,10,13,19,26H,4-6,8-9,11-12,14-15H2,1-3H3,(H,27,29). The number of H-pyrrole nitrogens is 1. The third-order valence-electron chi connectivity index (χ3n) is 6.80. The molecule has 0 saturated carbocycles. The Bertz CT molecular complexity index is 1200. The van der Waals surface area contributed by atoms with Crippen LogP contribution in [0.15, 0.2) is 23.1 Å². The molecule has 9 heteroatoms. The number of hydrogen-bond donors (Lipinski definition) is 2. The molecule has 34 heavy (non-hydrogen) atoms. The number of hydrogen-bond acceptors (Lipinski definition) is 5. The molecule has 8 nitrogen and oxygen atoms in total. The maximum absolute atomic E-state index is 13.6. The number of aromatic nitrogens is 1. The van der Waals surface area contributed by atoms with Gasteiger partial charge in [-0.1, -0.05) is 12.1 Å². The molecule has 2 N–H and O–H groups in total. The van der Waals surface area contributed by atoms with Crippen molar-refractivity contribution in [1.82, 2.24) is 9.29 Å². The number of fused-ring (bicyclic) bond motifs is 1. The largest absolute Gasteiger partial charge is 0.462 e. The number of carbonyl (C=O) groups is 2. The molecule has 1 aromatic heterocycles. The van der Waals surface area contributed by atoms with Crippen LogP contribution in [-0.4, -0.2) is 49.3 Å². The van der Waals surface area contributed by atoms with E-state index in [4.69, 9.17) is 4.74 Å². The van der Waals surface area contributed by atoms with E-state index in [0.29, 0.717) is 30.8 Å². The molecule has 0 radical (unpaired) electrons. The van der Waals surface area contributed by atoms with Crippen molar-refractivity contribution < 1.29 is 22.7 Å². The van der Waals surface area contributed by atoms with Crippen molar-refractivity contribution in [2.45, 2.75) is 64.2 Å². The minimum absolute atomic E-state index is 0.0434. The van der Waals surface area contributed by atoms with Gasteiger partial charge in [0.05, 0.1) is 12.5 Å². The summed E-state index contributed by atoms with van der Waals surface area (Å²) in [4.78, 5) is 28.6. The number of aromatic amines is 1. The summed E-state index contributed by atoms with van der Waals surface area (Å²) in [6, 6.07) is 6.00. The maximum atomic E-state index is 13.6. The lowest BCUT2D eigenvalue weighted by Crippen LogP contribution is -2.44. The van der Waals surface area contributed by atoms with Crippen LogP contribution >= 0.6 is 0 Å². The zero-order valence-electron chi connectivity index (χ0n) is 20.1. The van der Waals surface area contributed by atoms with Gasteiger partial charge in [0.1, 0.15) is 10.5 Å². The lowest BCUT2D eigenvalue weighted by molar-refractivity contribution is -0.120. The van der Waals surface area contributed by atoms with Gasteiger partial charge >= 0.3 is 5.97 Å². The molecule has 1 aliphatic carbocycles. The number of benzene rings is 1. The fourth-order valence-corrected chi connectivity index (χ4v) is 7.10. The van der Waals surface area contributed by atoms with Crippen LogP contribution in [0.1, 0.15) is 65.5 Å². The molecule has 2 aliphatic rings. The van der Waals surface area contributed by atoms with E-state index in [-0.39, 0.29) is 29.5 Å². The van der Waals surface area contributed by atoms with Crippen LogP contribution in [0.25, 0.3) is 0 Å². The van der Waals surface area contributed by atoms with Gasteiger partial charge in [0.2, 0.25) is 15.9 Å². The summed E-state index contributed by atoms with van der Waals surface area (Å²) in [5.41, 5.74) is 4.20. The number of esters is 1. The molecular formula is C25H33N3O5S. The van der Waals surface area contributed by atoms with Crippen LogP contribution in [0.3, 0.4) is 0 Å². The zero-order chi connectivity index (χ0) is 24.5. The predicted molar refractivity (Wildman–Crippen MR) is 129 cm³/mol. The van der Waals surface area contributed by atoms with Gasteiger partial charge < -0.3 is 15.0 Å². The summed E-state index contributed by atoms with van der Waals surface area (Å²) in [6.07, 6.45) is 5.41. The van der Waals surface area contributed by atoms with Gasteiger partial charge in [-0.25, -0.2) is 13.2 Å². The lowest BCUT2D eigenvalue weighted by Gasteiger charge is -2.31. The van der Waals surface area contributed by atoms with E-state index in [1.807, 2.05) is 12.1 Å². The highest BCUT2D eigenvalue weighted by Gasteiger charge is 2.38. The Morgan fingerprint density at radius 1 is 1.15 bits per heavy atom. The van der Waals surface area contributed by atoms with Gasteiger partial charge in [-0.15, -0.1) is 0 Å². The second-order valence-corrected chi connectivity index (χ2v) is 11.0. The van der Waals surface area contributed by atoms with Gasteiger partial charge in [0.15, 0.2) is 0 Å². The van der Waals surface area contributed by atoms with Gasteiger partial charge in [-0.05, 0) is 76.5 Å². The van der Waals surface area contributed by atoms with Crippen molar-refractivity contribution in [1.29, 1.82) is 0 Å². The highest BCUT2D eigenvalue weighted by Crippen LogP contribution is 2.32. The van der Waals surface area contributed by atoms with Crippen LogP contribution in [0.5, 0.6) is 0 Å². The molecule has 1 aromatic carbocycles. The van der Waals surface area contributed by atoms with E-state index in [0.717, 1.165) is 31.4 Å². The monoisotopic (exact) mass is 487 g/mol. The topological polar surface area (TPSA) is 109 Å². The third-order valence-corrected chi connectivity index (χ3v) is 8.84. The minimum Gasteiger partial charge on any atom is -0.462 e. The molecule has 184 valence electrons. The number of sulfonamides is 1. The fraction of sp³-hybridized carbons (Fsp3) is 0.520. The number of nitrogens with zero attached hydrogens (tertiary/aromatic N) is 1. The minimum atomic E-state index is -4.00. The molecule has 0 bridgehead atoms. The van der Waals surface area contributed by atoms with Crippen molar-refractivity contribution >= 4 is 27.6 Å². The second kappa shape index (κ2) is 9.92. The highest BCUT2D eigenvalue weighted by atomic mass is 32.2. The van der Waals surface area contributed by atoms with Crippen molar-refractivity contribution in [3.63, 3.8) is 0 Å². The molecule has 0 spiro atoms. The fourth-order valence-electron chi connectivity index (χ4n) is 5.17. The molecule has 1 saturated heterocycles. The Labute approximate surface area is 201 Å². The number of anilines is 1. The summed E-state index contributed by atoms with van der Waals surface area (Å²) >= 11 is 0. The van der Waals surface area contributed by atoms with Crippen LogP contribution in [0, 0.1) is 19.8 Å². The quantitative estimate of drug-likeness (QED) is 0.604. The first kappa shape index (κ1) is 24.5. The summed E-state index contributed by atoms with van der Waals surface area (Å²) in [5.74, 6) is -1.29. The molecule has 1 unspecified atom stereocenters. The van der Waals surface area contributed by atoms with E-state index in [2.05, 4.69) is 16.4 Å². The summed E-state index contributed by atoms with van der Waals surface area (Å²) in [5, 5.41) is 3.07. The molecule has 4 rings (SSSR count). The predicted octanol–water partition coefficient (Wildman–Crippen LogP) is 3.73. The van der Waals surface area contributed by atoms with E-state index in [1.165, 1.54) is 15.4 Å². The molecule has 1 aliphatic heterocycles. The first-order valence-corrected chi connectivity index (χ1v) is 13.5. The van der Waals surface area contributed by atoms with E-state index in [9.17, 15) is 18.0 Å². The SMILES string of the molecule is CCOC(=O)c1c(C)[nH]c(C)c1S(=O)(=O)N1CCCC(C(=O)Nc2cccc3c2CCCC3)C1. The Kier molecular flexibility index (Phi) is 7.14. The van der Waals surface area contributed by atoms with Gasteiger partial charge in [0.25, 0.3) is 0 Å². The Balaban J connectivity index is 1.55. The normalized spacial score (nSPS) is 18.9. The lowest BCUT2D eigenvalue weighted by atomic mass is 9.90. The Morgan fingerprint density at radius 2 is 1.91 bits per heavy atom. The first-order chi connectivity index (χ1) is 16.2. The Morgan fingerprint density at radius 3 is 2.68 bits per heavy atom. The summed E-state index contributed by atoms with van der Waals surface area (Å²) in [7, 11) is -4.00. The summed E-state index contributed by atoms with van der Waals surface area (Å²) in [6.45, 7) is 5.50. The molecule has 2 aromatic rings. The summed E-state index contributed by atoms with van der Waals surface area (Å²) < 4.78 is 33.7. The molecule has 1 amide bonds. The maximum Gasteiger partial charge on any atom is 0.341 e. The average molecular weight is 488 g/mol. The van der Waals surface area contributed by atoms with Crippen LogP contribution in [0.2, 0.25) is 0 Å². The van der Waals surface area contributed by atoms with Crippen molar-refractivity contribution in [2.24, 2.45) is 5.92 Å². The second-order valence-electron chi connectivity index (χ2n) is 9.14. The number of piperidine rings is 1. The number of nitrogens with one attached hydrogen (secondary N) is 2. The first-order valence-electron chi connectivity index (χ1n) is 12.0. The zero-order valence-corrected chi connectivity index (χ0v) is 20.9. The van der Waals surface area contributed by atoms with Crippen molar-refractivity contribution in [2.75, 3.05) is 25.0 Å². The number of amides is 1. The van der Waals surface area contributed by atoms with Crippen molar-refractivity contribution in [3.05, 3.63) is 46.3 Å². The number of rotatable bonds is 6. The van der Waals surface area contributed by atoms with Crippen LogP contribution in [-0.2, 0) is 32.4 Å². The van der Waals surface area contributed by atoms with Crippen molar-refractivity contribution in [3.8, 4) is 0 Å². The number of ether oxygens (including phenoxy) is 1. The van der Waals surface area contributed by atoms with Crippen LogP contribution in [0.4, 0.5) is 5.69 Å². The number of carbonyl (C=O) groups excluding carboxylic acids is 2. The number of aryl methyl sites for hydroxylation is 3. The average Bonchev–Trinajstić information content (AvgIpc) is 3.14. The van der Waals surface area contributed by atoms with E-state index >= 15 is 0 Å². The molecule has 1 fully saturated rings. The van der Waals surface area contributed by atoms with Gasteiger partial charge in [0, 0.05) is 30.2 Å². The molecule has 1 atom stereocenters. The van der Waals surface area contributed by atoms with Crippen LogP contribution < -0.4 is 5.32 Å². The smallest absolute Gasteiger partial charge is 0.341 e. The molecule has 2 heterocycles. The van der Waals surface area contributed by atoms with Gasteiger partial charge in [-0.3, -0.25) is 4.79 Å². The Hall–Kier alpha value is -2.65. The van der Waals surface area contributed by atoms with E-state index < -0.39 is 21.9 Å². The third kappa shape index (κ3) is 4.63. The molecular weight excluding hydrogens is 454 g/mol. The van der Waals surface area contributed by atoms with Gasteiger partial charge in [-0.2, -0.15) is 4.31 Å².